The summed E-state index contributed by atoms with van der Waals surface area (Å²) in [5.41, 5.74) is 1.10. The van der Waals surface area contributed by atoms with Gasteiger partial charge in [0.2, 0.25) is 0 Å². The molecule has 0 bridgehead atoms. The van der Waals surface area contributed by atoms with Gasteiger partial charge in [0.1, 0.15) is 0 Å². The first-order chi connectivity index (χ1) is 7.51. The number of hydrogen-bond acceptors (Lipinski definition) is 2. The predicted molar refractivity (Wildman–Crippen MR) is 79.2 cm³/mol. The van der Waals surface area contributed by atoms with Crippen LogP contribution in [0.15, 0.2) is 35.3 Å². The van der Waals surface area contributed by atoms with Crippen LogP contribution in [0.3, 0.4) is 0 Å². The molecule has 0 aliphatic carbocycles. The van der Waals surface area contributed by atoms with Gasteiger partial charge in [0.05, 0.1) is 8.07 Å². The maximum absolute atomic E-state index is 4.64. The predicted octanol–water partition coefficient (Wildman–Crippen LogP) is 3.69. The number of nitrogens with one attached hydrogen (secondary N) is 1. The second kappa shape index (κ2) is 6.11. The lowest BCUT2D eigenvalue weighted by molar-refractivity contribution is 1.28. The second-order valence-corrected chi connectivity index (χ2v) is 11.1. The highest BCUT2D eigenvalue weighted by Crippen LogP contribution is 2.10. The topological polar surface area (TPSA) is 24.4 Å². The van der Waals surface area contributed by atoms with E-state index in [1.165, 1.54) is 0 Å². The maximum atomic E-state index is 4.64. The number of rotatable bonds is 3. The number of benzene rings is 1. The minimum atomic E-state index is -1.09. The number of aliphatic imine (C=N–C) groups is 1. The molecule has 1 N–H and O–H groups in total. The Morgan fingerprint density at radius 1 is 1.25 bits per heavy atom. The molecule has 0 saturated heterocycles. The lowest BCUT2D eigenvalue weighted by Gasteiger charge is -2.14. The first-order valence-corrected chi connectivity index (χ1v) is 10.3. The average molecular weight is 252 g/mol. The molecule has 0 atom stereocenters. The summed E-state index contributed by atoms with van der Waals surface area (Å²) in [4.78, 5) is 4.64. The summed E-state index contributed by atoms with van der Waals surface area (Å²) >= 11 is 1.67. The van der Waals surface area contributed by atoms with Crippen molar-refractivity contribution in [3.8, 4) is 0 Å². The monoisotopic (exact) mass is 252 g/mol. The summed E-state index contributed by atoms with van der Waals surface area (Å²) in [7, 11) is -1.09. The Morgan fingerprint density at radius 3 is 2.38 bits per heavy atom. The van der Waals surface area contributed by atoms with Gasteiger partial charge < -0.3 is 5.32 Å². The highest BCUT2D eigenvalue weighted by molar-refractivity contribution is 8.13. The first-order valence-electron chi connectivity index (χ1n) is 5.42. The third kappa shape index (κ3) is 5.37. The highest BCUT2D eigenvalue weighted by atomic mass is 32.2. The number of amidine groups is 1. The smallest absolute Gasteiger partial charge is 0.160 e. The van der Waals surface area contributed by atoms with Gasteiger partial charge in [-0.25, -0.2) is 0 Å². The highest BCUT2D eigenvalue weighted by Gasteiger charge is 2.12. The minimum Gasteiger partial charge on any atom is -0.335 e. The standard InChI is InChI=1S/C12H20N2SSi/c1-15-12(13-10-16(2,3)4)14-11-8-6-5-7-9-11/h5-9H,10H2,1-4H3,(H,13,14). The van der Waals surface area contributed by atoms with E-state index < -0.39 is 8.07 Å². The van der Waals surface area contributed by atoms with Crippen LogP contribution in [0.25, 0.3) is 0 Å². The van der Waals surface area contributed by atoms with Gasteiger partial charge in [-0.1, -0.05) is 49.6 Å². The zero-order valence-corrected chi connectivity index (χ0v) is 12.3. The van der Waals surface area contributed by atoms with E-state index >= 15 is 0 Å². The molecule has 0 fully saturated rings. The fourth-order valence-electron chi connectivity index (χ4n) is 1.11. The van der Waals surface area contributed by atoms with Crippen molar-refractivity contribution < 1.29 is 0 Å². The molecule has 1 aromatic rings. The molecule has 2 nitrogen and oxygen atoms in total. The maximum Gasteiger partial charge on any atom is 0.160 e. The summed E-state index contributed by atoms with van der Waals surface area (Å²) in [5.74, 6) is 0. The van der Waals surface area contributed by atoms with Crippen molar-refractivity contribution in [2.75, 3.05) is 17.7 Å². The molecule has 0 saturated carbocycles. The van der Waals surface area contributed by atoms with Crippen molar-refractivity contribution in [3.05, 3.63) is 30.3 Å². The Bertz CT molecular complexity index is 344. The fourth-order valence-corrected chi connectivity index (χ4v) is 2.27. The Kier molecular flexibility index (Phi) is 5.08. The Balaban J connectivity index is 2.62. The van der Waals surface area contributed by atoms with E-state index in [0.717, 1.165) is 17.0 Å². The quantitative estimate of drug-likeness (QED) is 0.504. The third-order valence-electron chi connectivity index (χ3n) is 1.92. The van der Waals surface area contributed by atoms with Gasteiger partial charge in [-0.3, -0.25) is 4.99 Å². The van der Waals surface area contributed by atoms with Crippen molar-refractivity contribution in [1.82, 2.24) is 0 Å². The Morgan fingerprint density at radius 2 is 1.88 bits per heavy atom. The molecule has 0 unspecified atom stereocenters. The van der Waals surface area contributed by atoms with Crippen molar-refractivity contribution >= 4 is 30.7 Å². The van der Waals surface area contributed by atoms with Crippen LogP contribution < -0.4 is 5.32 Å². The summed E-state index contributed by atoms with van der Waals surface area (Å²) in [6.07, 6.45) is 3.03. The minimum absolute atomic E-state index is 0.975. The van der Waals surface area contributed by atoms with Gasteiger partial charge in [-0.2, -0.15) is 0 Å². The molecule has 1 rings (SSSR count). The average Bonchev–Trinajstić information content (AvgIpc) is 2.24. The molecule has 0 heterocycles. The van der Waals surface area contributed by atoms with Crippen molar-refractivity contribution in [2.45, 2.75) is 19.6 Å². The van der Waals surface area contributed by atoms with Crippen LogP contribution in [0.1, 0.15) is 0 Å². The Hall–Kier alpha value is -0.743. The molecule has 0 aliphatic rings. The number of nitrogens with zero attached hydrogens (tertiary/aromatic N) is 1. The largest absolute Gasteiger partial charge is 0.335 e. The van der Waals surface area contributed by atoms with E-state index in [4.69, 9.17) is 0 Å². The number of thioether (sulfide) groups is 1. The fraction of sp³-hybridized carbons (Fsp3) is 0.417. The van der Waals surface area contributed by atoms with E-state index in [1.54, 1.807) is 11.8 Å². The van der Waals surface area contributed by atoms with E-state index in [0.29, 0.717) is 0 Å². The molecule has 4 heteroatoms. The van der Waals surface area contributed by atoms with Gasteiger partial charge in [0.25, 0.3) is 0 Å². The van der Waals surface area contributed by atoms with Gasteiger partial charge in [-0.05, 0) is 18.4 Å². The first kappa shape index (κ1) is 13.3. The zero-order chi connectivity index (χ0) is 12.0. The van der Waals surface area contributed by atoms with E-state index in [1.807, 2.05) is 18.2 Å². The number of para-hydroxylation sites is 1. The summed E-state index contributed by atoms with van der Waals surface area (Å²) < 4.78 is 0. The lowest BCUT2D eigenvalue weighted by Crippen LogP contribution is -2.26. The number of anilines is 1. The number of hydrogen-bond donors (Lipinski definition) is 1. The molecular weight excluding hydrogens is 232 g/mol. The van der Waals surface area contributed by atoms with Gasteiger partial charge >= 0.3 is 0 Å². The van der Waals surface area contributed by atoms with Gasteiger partial charge in [-0.15, -0.1) is 0 Å². The zero-order valence-electron chi connectivity index (χ0n) is 10.4. The van der Waals surface area contributed by atoms with Crippen LogP contribution in [0.5, 0.6) is 0 Å². The van der Waals surface area contributed by atoms with E-state index in [-0.39, 0.29) is 0 Å². The molecule has 0 aliphatic heterocycles. The molecule has 0 amide bonds. The van der Waals surface area contributed by atoms with Gasteiger partial charge in [0, 0.05) is 11.9 Å². The third-order valence-corrected chi connectivity index (χ3v) is 3.64. The SMILES string of the molecule is CS/C(=N/C[Si](C)(C)C)Nc1ccccc1. The van der Waals surface area contributed by atoms with E-state index in [9.17, 15) is 0 Å². The Labute approximate surface area is 104 Å². The van der Waals surface area contributed by atoms with Crippen molar-refractivity contribution in [1.29, 1.82) is 0 Å². The molecule has 16 heavy (non-hydrogen) atoms. The van der Waals surface area contributed by atoms with Gasteiger partial charge in [0.15, 0.2) is 5.17 Å². The second-order valence-electron chi connectivity index (χ2n) is 4.88. The van der Waals surface area contributed by atoms with Crippen LogP contribution >= 0.6 is 11.8 Å². The van der Waals surface area contributed by atoms with E-state index in [2.05, 4.69) is 48.3 Å². The van der Waals surface area contributed by atoms with Crippen LogP contribution in [0.4, 0.5) is 5.69 Å². The van der Waals surface area contributed by atoms with Crippen molar-refractivity contribution in [2.24, 2.45) is 4.99 Å². The van der Waals surface area contributed by atoms with Crippen molar-refractivity contribution in [3.63, 3.8) is 0 Å². The summed E-state index contributed by atoms with van der Waals surface area (Å²) in [5, 5.41) is 4.34. The van der Waals surface area contributed by atoms with Crippen LogP contribution in [0.2, 0.25) is 19.6 Å². The summed E-state index contributed by atoms with van der Waals surface area (Å²) in [6, 6.07) is 10.2. The molecule has 0 aromatic heterocycles. The lowest BCUT2D eigenvalue weighted by atomic mass is 10.3. The molecule has 88 valence electrons. The molecule has 0 spiro atoms. The molecular formula is C12H20N2SSi. The van der Waals surface area contributed by atoms with Crippen LogP contribution in [-0.4, -0.2) is 25.7 Å². The molecule has 0 radical (unpaired) electrons. The summed E-state index contributed by atoms with van der Waals surface area (Å²) in [6.45, 7) is 6.99. The molecule has 1 aromatic carbocycles. The van der Waals surface area contributed by atoms with Crippen LogP contribution in [-0.2, 0) is 0 Å². The normalized spacial score (nSPS) is 12.6. The van der Waals surface area contributed by atoms with Crippen LogP contribution in [0, 0.1) is 0 Å².